The molecule has 0 fully saturated rings. The van der Waals surface area contributed by atoms with Gasteiger partial charge < -0.3 is 10.3 Å². The van der Waals surface area contributed by atoms with E-state index < -0.39 is 0 Å². The maximum Gasteiger partial charge on any atom is 0.258 e. The van der Waals surface area contributed by atoms with Gasteiger partial charge in [-0.2, -0.15) is 4.98 Å². The summed E-state index contributed by atoms with van der Waals surface area (Å²) in [6.07, 6.45) is 0. The molecule has 0 aliphatic carbocycles. The van der Waals surface area contributed by atoms with Crippen LogP contribution in [0.1, 0.15) is 29.9 Å². The third-order valence-electron chi connectivity index (χ3n) is 2.47. The van der Waals surface area contributed by atoms with E-state index >= 15 is 0 Å². The van der Waals surface area contributed by atoms with Gasteiger partial charge in [-0.1, -0.05) is 22.9 Å². The summed E-state index contributed by atoms with van der Waals surface area (Å²) in [7, 11) is 0. The van der Waals surface area contributed by atoms with Crippen LogP contribution in [0.5, 0.6) is 0 Å². The first-order valence-corrected chi connectivity index (χ1v) is 5.24. The standard InChI is InChI=1S/C12H15N3O/c1-7-4-5-8(2)10(6-7)12-14-11(9(3)13)15-16-12/h4-6,9H,13H2,1-3H3. The molecule has 4 heteroatoms. The summed E-state index contributed by atoms with van der Waals surface area (Å²) in [6, 6.07) is 5.93. The highest BCUT2D eigenvalue weighted by atomic mass is 16.5. The molecule has 1 heterocycles. The van der Waals surface area contributed by atoms with Crippen LogP contribution in [-0.2, 0) is 0 Å². The normalized spacial score (nSPS) is 12.8. The van der Waals surface area contributed by atoms with Crippen molar-refractivity contribution < 1.29 is 4.52 Å². The van der Waals surface area contributed by atoms with E-state index in [-0.39, 0.29) is 6.04 Å². The molecule has 4 nitrogen and oxygen atoms in total. The van der Waals surface area contributed by atoms with Crippen molar-refractivity contribution >= 4 is 0 Å². The molecule has 16 heavy (non-hydrogen) atoms. The van der Waals surface area contributed by atoms with E-state index in [4.69, 9.17) is 10.3 Å². The second kappa shape index (κ2) is 4.06. The van der Waals surface area contributed by atoms with Crippen LogP contribution >= 0.6 is 0 Å². The maximum absolute atomic E-state index is 5.69. The molecule has 2 N–H and O–H groups in total. The summed E-state index contributed by atoms with van der Waals surface area (Å²) in [4.78, 5) is 4.28. The van der Waals surface area contributed by atoms with Crippen LogP contribution in [0.4, 0.5) is 0 Å². The fraction of sp³-hybridized carbons (Fsp3) is 0.333. The fourth-order valence-electron chi connectivity index (χ4n) is 1.50. The number of nitrogens with zero attached hydrogens (tertiary/aromatic N) is 2. The molecule has 0 radical (unpaired) electrons. The number of hydrogen-bond donors (Lipinski definition) is 1. The Morgan fingerprint density at radius 3 is 2.69 bits per heavy atom. The zero-order chi connectivity index (χ0) is 11.7. The number of hydrogen-bond acceptors (Lipinski definition) is 4. The minimum Gasteiger partial charge on any atom is -0.334 e. The van der Waals surface area contributed by atoms with Crippen LogP contribution in [0.15, 0.2) is 22.7 Å². The lowest BCUT2D eigenvalue weighted by Gasteiger charge is -2.01. The van der Waals surface area contributed by atoms with Gasteiger partial charge in [0.1, 0.15) is 0 Å². The van der Waals surface area contributed by atoms with Gasteiger partial charge in [0.05, 0.1) is 6.04 Å². The SMILES string of the molecule is Cc1ccc(C)c(-c2nc(C(C)N)no2)c1. The van der Waals surface area contributed by atoms with Gasteiger partial charge in [0.2, 0.25) is 0 Å². The minimum absolute atomic E-state index is 0.206. The van der Waals surface area contributed by atoms with Crippen molar-refractivity contribution in [2.24, 2.45) is 5.73 Å². The summed E-state index contributed by atoms with van der Waals surface area (Å²) in [6.45, 7) is 5.88. The number of aryl methyl sites for hydroxylation is 2. The Labute approximate surface area is 94.5 Å². The predicted octanol–water partition coefficient (Wildman–Crippen LogP) is 2.37. The molecule has 0 bridgehead atoms. The number of rotatable bonds is 2. The van der Waals surface area contributed by atoms with Gasteiger partial charge in [-0.05, 0) is 32.4 Å². The highest BCUT2D eigenvalue weighted by molar-refractivity contribution is 5.59. The number of benzene rings is 1. The summed E-state index contributed by atoms with van der Waals surface area (Å²) in [5, 5.41) is 3.85. The lowest BCUT2D eigenvalue weighted by molar-refractivity contribution is 0.418. The van der Waals surface area contributed by atoms with E-state index in [1.165, 1.54) is 5.56 Å². The van der Waals surface area contributed by atoms with Crippen molar-refractivity contribution in [3.05, 3.63) is 35.2 Å². The quantitative estimate of drug-likeness (QED) is 0.838. The Kier molecular flexibility index (Phi) is 2.75. The number of nitrogens with two attached hydrogens (primary N) is 1. The van der Waals surface area contributed by atoms with Crippen LogP contribution in [-0.4, -0.2) is 10.1 Å². The molecular weight excluding hydrogens is 202 g/mol. The molecule has 1 unspecified atom stereocenters. The molecule has 0 aliphatic rings. The van der Waals surface area contributed by atoms with Crippen LogP contribution in [0.3, 0.4) is 0 Å². The predicted molar refractivity (Wildman–Crippen MR) is 61.8 cm³/mol. The Bertz CT molecular complexity index is 503. The molecule has 84 valence electrons. The zero-order valence-corrected chi connectivity index (χ0v) is 9.69. The smallest absolute Gasteiger partial charge is 0.258 e. The topological polar surface area (TPSA) is 64.9 Å². The van der Waals surface area contributed by atoms with E-state index in [1.54, 1.807) is 0 Å². The first-order chi connectivity index (χ1) is 7.58. The van der Waals surface area contributed by atoms with Gasteiger partial charge in [-0.25, -0.2) is 0 Å². The third-order valence-corrected chi connectivity index (χ3v) is 2.47. The largest absolute Gasteiger partial charge is 0.334 e. The van der Waals surface area contributed by atoms with Gasteiger partial charge in [-0.3, -0.25) is 0 Å². The Balaban J connectivity index is 2.46. The summed E-state index contributed by atoms with van der Waals surface area (Å²) in [5.74, 6) is 1.07. The summed E-state index contributed by atoms with van der Waals surface area (Å²) in [5.41, 5.74) is 8.94. The molecule has 2 rings (SSSR count). The Hall–Kier alpha value is -1.68. The van der Waals surface area contributed by atoms with Gasteiger partial charge in [-0.15, -0.1) is 0 Å². The highest BCUT2D eigenvalue weighted by Gasteiger charge is 2.13. The van der Waals surface area contributed by atoms with Crippen molar-refractivity contribution in [2.45, 2.75) is 26.8 Å². The second-order valence-electron chi connectivity index (χ2n) is 4.06. The Morgan fingerprint density at radius 1 is 1.31 bits per heavy atom. The third kappa shape index (κ3) is 1.97. The lowest BCUT2D eigenvalue weighted by atomic mass is 10.1. The van der Waals surface area contributed by atoms with Gasteiger partial charge in [0, 0.05) is 5.56 Å². The molecular formula is C12H15N3O. The summed E-state index contributed by atoms with van der Waals surface area (Å²) < 4.78 is 5.21. The molecule has 0 saturated heterocycles. The molecule has 1 aromatic heterocycles. The van der Waals surface area contributed by atoms with E-state index in [9.17, 15) is 0 Å². The zero-order valence-electron chi connectivity index (χ0n) is 9.69. The average molecular weight is 217 g/mol. The molecule has 1 aromatic carbocycles. The first-order valence-electron chi connectivity index (χ1n) is 5.24. The van der Waals surface area contributed by atoms with Crippen molar-refractivity contribution in [1.29, 1.82) is 0 Å². The lowest BCUT2D eigenvalue weighted by Crippen LogP contribution is -2.06. The van der Waals surface area contributed by atoms with Crippen molar-refractivity contribution in [3.63, 3.8) is 0 Å². The van der Waals surface area contributed by atoms with E-state index in [0.29, 0.717) is 11.7 Å². The van der Waals surface area contributed by atoms with Crippen LogP contribution in [0.2, 0.25) is 0 Å². The van der Waals surface area contributed by atoms with E-state index in [0.717, 1.165) is 11.1 Å². The van der Waals surface area contributed by atoms with Crippen molar-refractivity contribution in [3.8, 4) is 11.5 Å². The minimum atomic E-state index is -0.206. The maximum atomic E-state index is 5.69. The first kappa shape index (κ1) is 10.8. The molecule has 2 aromatic rings. The second-order valence-corrected chi connectivity index (χ2v) is 4.06. The van der Waals surface area contributed by atoms with Crippen molar-refractivity contribution in [1.82, 2.24) is 10.1 Å². The molecule has 0 amide bonds. The van der Waals surface area contributed by atoms with Crippen LogP contribution in [0.25, 0.3) is 11.5 Å². The van der Waals surface area contributed by atoms with E-state index in [1.807, 2.05) is 32.9 Å². The van der Waals surface area contributed by atoms with E-state index in [2.05, 4.69) is 16.2 Å². The molecule has 0 saturated carbocycles. The van der Waals surface area contributed by atoms with Crippen LogP contribution in [0, 0.1) is 13.8 Å². The summed E-state index contributed by atoms with van der Waals surface area (Å²) >= 11 is 0. The van der Waals surface area contributed by atoms with Crippen LogP contribution < -0.4 is 5.73 Å². The highest BCUT2D eigenvalue weighted by Crippen LogP contribution is 2.23. The Morgan fingerprint density at radius 2 is 2.06 bits per heavy atom. The average Bonchev–Trinajstić information content (AvgIpc) is 2.70. The van der Waals surface area contributed by atoms with Gasteiger partial charge >= 0.3 is 0 Å². The molecule has 0 spiro atoms. The monoisotopic (exact) mass is 217 g/mol. The van der Waals surface area contributed by atoms with Gasteiger partial charge in [0.25, 0.3) is 5.89 Å². The number of aromatic nitrogens is 2. The molecule has 1 atom stereocenters. The molecule has 0 aliphatic heterocycles. The van der Waals surface area contributed by atoms with Gasteiger partial charge in [0.15, 0.2) is 5.82 Å². The van der Waals surface area contributed by atoms with Crippen molar-refractivity contribution in [2.75, 3.05) is 0 Å². The fourth-order valence-corrected chi connectivity index (χ4v) is 1.50.